The lowest BCUT2D eigenvalue weighted by Crippen LogP contribution is -2.35. The number of rotatable bonds is 4. The Balaban J connectivity index is 1.90. The van der Waals surface area contributed by atoms with Crippen molar-refractivity contribution in [1.29, 1.82) is 0 Å². The Labute approximate surface area is 135 Å². The maximum Gasteiger partial charge on any atom is 0.245 e. The van der Waals surface area contributed by atoms with Crippen LogP contribution in [0.3, 0.4) is 0 Å². The molecule has 2 aromatic rings. The second-order valence-electron chi connectivity index (χ2n) is 6.01. The van der Waals surface area contributed by atoms with Gasteiger partial charge in [0.25, 0.3) is 0 Å². The molecular weight excluding hydrogens is 294 g/mol. The molecule has 3 heterocycles. The number of aryl methyl sites for hydroxylation is 2. The second-order valence-corrected chi connectivity index (χ2v) is 6.01. The molecule has 0 spiro atoms. The molecule has 124 valence electrons. The van der Waals surface area contributed by atoms with E-state index in [9.17, 15) is 4.79 Å². The first-order valence-corrected chi connectivity index (χ1v) is 7.90. The van der Waals surface area contributed by atoms with E-state index in [4.69, 9.17) is 4.74 Å². The summed E-state index contributed by atoms with van der Waals surface area (Å²) in [6.45, 7) is 4.64. The predicted octanol–water partition coefficient (Wildman–Crippen LogP) is 1.86. The maximum absolute atomic E-state index is 13.0. The molecule has 0 N–H and O–H groups in total. The van der Waals surface area contributed by atoms with Gasteiger partial charge in [-0.1, -0.05) is 0 Å². The van der Waals surface area contributed by atoms with Crippen LogP contribution in [0.1, 0.15) is 43.1 Å². The summed E-state index contributed by atoms with van der Waals surface area (Å²) in [7, 11) is 3.51. The number of carbonyl (C=O) groups excluding carboxylic acids is 1. The van der Waals surface area contributed by atoms with Crippen LogP contribution in [0.2, 0.25) is 0 Å². The van der Waals surface area contributed by atoms with Gasteiger partial charge in [0.05, 0.1) is 30.7 Å². The normalized spacial score (nSPS) is 19.1. The molecule has 2 unspecified atom stereocenters. The highest BCUT2D eigenvalue weighted by Crippen LogP contribution is 2.39. The SMILES string of the molecule is COc1c(C2CCCN2C(=O)C(C)n2ccnc2)c(C)nn1C. The van der Waals surface area contributed by atoms with E-state index in [1.807, 2.05) is 36.6 Å². The summed E-state index contributed by atoms with van der Waals surface area (Å²) in [5, 5.41) is 4.45. The standard InChI is InChI=1S/C16H23N5O2/c1-11-14(16(23-4)19(3)18-11)13-6-5-8-21(13)15(22)12(2)20-9-7-17-10-20/h7,9-10,12-13H,5-6,8H2,1-4H3. The van der Waals surface area contributed by atoms with Gasteiger partial charge < -0.3 is 14.2 Å². The van der Waals surface area contributed by atoms with Crippen molar-refractivity contribution in [2.45, 2.75) is 38.8 Å². The van der Waals surface area contributed by atoms with E-state index in [2.05, 4.69) is 10.1 Å². The molecule has 2 aromatic heterocycles. The summed E-state index contributed by atoms with van der Waals surface area (Å²) in [6.07, 6.45) is 7.13. The van der Waals surface area contributed by atoms with Crippen LogP contribution in [0.25, 0.3) is 0 Å². The van der Waals surface area contributed by atoms with E-state index in [-0.39, 0.29) is 18.0 Å². The summed E-state index contributed by atoms with van der Waals surface area (Å²) in [5.74, 6) is 0.846. The first-order valence-electron chi connectivity index (χ1n) is 7.90. The van der Waals surface area contributed by atoms with Gasteiger partial charge in [0.1, 0.15) is 6.04 Å². The van der Waals surface area contributed by atoms with Crippen LogP contribution in [0, 0.1) is 6.92 Å². The van der Waals surface area contributed by atoms with Gasteiger partial charge in [-0.3, -0.25) is 4.79 Å². The van der Waals surface area contributed by atoms with Crippen LogP contribution in [-0.2, 0) is 11.8 Å². The highest BCUT2D eigenvalue weighted by molar-refractivity contribution is 5.81. The second kappa shape index (κ2) is 6.06. The molecule has 1 aliphatic heterocycles. The number of carbonyl (C=O) groups is 1. The number of likely N-dealkylation sites (tertiary alicyclic amines) is 1. The Morgan fingerprint density at radius 1 is 1.48 bits per heavy atom. The number of amides is 1. The lowest BCUT2D eigenvalue weighted by Gasteiger charge is -2.28. The minimum atomic E-state index is -0.263. The molecule has 23 heavy (non-hydrogen) atoms. The van der Waals surface area contributed by atoms with Crippen molar-refractivity contribution < 1.29 is 9.53 Å². The van der Waals surface area contributed by atoms with Crippen LogP contribution < -0.4 is 4.74 Å². The van der Waals surface area contributed by atoms with Crippen LogP contribution in [0.15, 0.2) is 18.7 Å². The molecule has 1 saturated heterocycles. The van der Waals surface area contributed by atoms with E-state index in [1.54, 1.807) is 24.3 Å². The quantitative estimate of drug-likeness (QED) is 0.863. The maximum atomic E-state index is 13.0. The number of hydrogen-bond acceptors (Lipinski definition) is 4. The first kappa shape index (κ1) is 15.6. The van der Waals surface area contributed by atoms with Crippen molar-refractivity contribution in [3.05, 3.63) is 30.0 Å². The van der Waals surface area contributed by atoms with E-state index < -0.39 is 0 Å². The molecular formula is C16H23N5O2. The molecule has 1 fully saturated rings. The number of aromatic nitrogens is 4. The third-order valence-electron chi connectivity index (χ3n) is 4.61. The van der Waals surface area contributed by atoms with E-state index in [0.29, 0.717) is 0 Å². The predicted molar refractivity (Wildman–Crippen MR) is 85.1 cm³/mol. The minimum Gasteiger partial charge on any atom is -0.481 e. The van der Waals surface area contributed by atoms with Crippen LogP contribution in [-0.4, -0.2) is 43.8 Å². The summed E-state index contributed by atoms with van der Waals surface area (Å²) in [6, 6.07) is -0.238. The molecule has 3 rings (SSSR count). The van der Waals surface area contributed by atoms with Crippen LogP contribution in [0.5, 0.6) is 5.88 Å². The molecule has 2 atom stereocenters. The Kier molecular flexibility index (Phi) is 4.11. The summed E-state index contributed by atoms with van der Waals surface area (Å²) in [5.41, 5.74) is 1.95. The van der Waals surface area contributed by atoms with Crippen molar-refractivity contribution in [1.82, 2.24) is 24.2 Å². The Bertz CT molecular complexity index is 692. The average Bonchev–Trinajstić information content (AvgIpc) is 3.24. The summed E-state index contributed by atoms with van der Waals surface area (Å²) in [4.78, 5) is 18.9. The van der Waals surface area contributed by atoms with Gasteiger partial charge in [0.2, 0.25) is 11.8 Å². The number of ether oxygens (including phenoxy) is 1. The van der Waals surface area contributed by atoms with Gasteiger partial charge in [-0.25, -0.2) is 9.67 Å². The molecule has 7 heteroatoms. The van der Waals surface area contributed by atoms with Crippen LogP contribution >= 0.6 is 0 Å². The van der Waals surface area contributed by atoms with Gasteiger partial charge >= 0.3 is 0 Å². The van der Waals surface area contributed by atoms with Gasteiger partial charge in [0.15, 0.2) is 0 Å². The topological polar surface area (TPSA) is 65.2 Å². The Morgan fingerprint density at radius 2 is 2.26 bits per heavy atom. The molecule has 0 bridgehead atoms. The number of hydrogen-bond donors (Lipinski definition) is 0. The Hall–Kier alpha value is -2.31. The van der Waals surface area contributed by atoms with Gasteiger partial charge in [0, 0.05) is 26.0 Å². The molecule has 1 aliphatic rings. The van der Waals surface area contributed by atoms with Gasteiger partial charge in [-0.05, 0) is 26.7 Å². The molecule has 0 aromatic carbocycles. The lowest BCUT2D eigenvalue weighted by atomic mass is 10.0. The molecule has 7 nitrogen and oxygen atoms in total. The van der Waals surface area contributed by atoms with E-state index >= 15 is 0 Å². The fourth-order valence-corrected chi connectivity index (χ4v) is 3.48. The number of imidazole rings is 1. The van der Waals surface area contributed by atoms with Crippen LogP contribution in [0.4, 0.5) is 0 Å². The fourth-order valence-electron chi connectivity index (χ4n) is 3.48. The average molecular weight is 317 g/mol. The minimum absolute atomic E-state index is 0.0251. The van der Waals surface area contributed by atoms with Crippen molar-refractivity contribution in [3.8, 4) is 5.88 Å². The highest BCUT2D eigenvalue weighted by Gasteiger charge is 2.36. The fraction of sp³-hybridized carbons (Fsp3) is 0.562. The Morgan fingerprint density at radius 3 is 2.91 bits per heavy atom. The van der Waals surface area contributed by atoms with Crippen molar-refractivity contribution in [2.24, 2.45) is 7.05 Å². The zero-order valence-electron chi connectivity index (χ0n) is 14.1. The zero-order chi connectivity index (χ0) is 16.6. The van der Waals surface area contributed by atoms with Gasteiger partial charge in [-0.15, -0.1) is 0 Å². The summed E-state index contributed by atoms with van der Waals surface area (Å²) >= 11 is 0. The highest BCUT2D eigenvalue weighted by atomic mass is 16.5. The third kappa shape index (κ3) is 2.60. The van der Waals surface area contributed by atoms with Crippen molar-refractivity contribution >= 4 is 5.91 Å². The third-order valence-corrected chi connectivity index (χ3v) is 4.61. The van der Waals surface area contributed by atoms with Crippen molar-refractivity contribution in [3.63, 3.8) is 0 Å². The first-order chi connectivity index (χ1) is 11.0. The number of nitrogens with zero attached hydrogens (tertiary/aromatic N) is 5. The zero-order valence-corrected chi connectivity index (χ0v) is 14.1. The molecule has 0 aliphatic carbocycles. The summed E-state index contributed by atoms with van der Waals surface area (Å²) < 4.78 is 9.10. The number of methoxy groups -OCH3 is 1. The van der Waals surface area contributed by atoms with E-state index in [0.717, 1.165) is 36.5 Å². The molecule has 0 radical (unpaired) electrons. The molecule has 1 amide bonds. The lowest BCUT2D eigenvalue weighted by molar-refractivity contribution is -0.135. The van der Waals surface area contributed by atoms with E-state index in [1.165, 1.54) is 0 Å². The molecule has 0 saturated carbocycles. The smallest absolute Gasteiger partial charge is 0.245 e. The van der Waals surface area contributed by atoms with Gasteiger partial charge in [-0.2, -0.15) is 5.10 Å². The monoisotopic (exact) mass is 317 g/mol. The largest absolute Gasteiger partial charge is 0.481 e. The van der Waals surface area contributed by atoms with Crippen molar-refractivity contribution in [2.75, 3.05) is 13.7 Å².